The fourth-order valence-electron chi connectivity index (χ4n) is 2.30. The van der Waals surface area contributed by atoms with Gasteiger partial charge in [-0.3, -0.25) is 0 Å². The molecule has 6 nitrogen and oxygen atoms in total. The number of fused-ring (bicyclic) bond motifs is 1. The standard InChI is InChI=1S/C18H20N4O2/c1-18(2,3)24-17(23)21-11-7-14(8-12-21)4-5-15-9-13-22-16(20-15)6-10-19-22/h6-7,9-10,13H,8,11-12H2,1-3H3. The molecule has 0 fully saturated rings. The second-order valence-electron chi connectivity index (χ2n) is 6.60. The first-order valence-corrected chi connectivity index (χ1v) is 7.90. The highest BCUT2D eigenvalue weighted by Gasteiger charge is 2.23. The number of nitrogens with zero attached hydrogens (tertiary/aromatic N) is 4. The van der Waals surface area contributed by atoms with Gasteiger partial charge in [-0.1, -0.05) is 12.0 Å². The van der Waals surface area contributed by atoms with Gasteiger partial charge in [0.2, 0.25) is 0 Å². The van der Waals surface area contributed by atoms with Crippen molar-refractivity contribution in [2.75, 3.05) is 13.1 Å². The lowest BCUT2D eigenvalue weighted by atomic mass is 10.1. The second-order valence-corrected chi connectivity index (χ2v) is 6.60. The van der Waals surface area contributed by atoms with Crippen molar-refractivity contribution < 1.29 is 9.53 Å². The minimum atomic E-state index is -0.473. The maximum absolute atomic E-state index is 12.0. The van der Waals surface area contributed by atoms with Crippen LogP contribution < -0.4 is 0 Å². The van der Waals surface area contributed by atoms with Gasteiger partial charge in [0.1, 0.15) is 11.3 Å². The Bertz CT molecular complexity index is 849. The zero-order chi connectivity index (χ0) is 17.2. The number of amides is 1. The van der Waals surface area contributed by atoms with Crippen LogP contribution in [0.4, 0.5) is 4.79 Å². The van der Waals surface area contributed by atoms with E-state index < -0.39 is 5.60 Å². The number of carbonyl (C=O) groups is 1. The van der Waals surface area contributed by atoms with Crippen molar-refractivity contribution in [2.24, 2.45) is 0 Å². The van der Waals surface area contributed by atoms with Crippen LogP contribution in [-0.2, 0) is 4.74 Å². The van der Waals surface area contributed by atoms with Crippen LogP contribution in [0.5, 0.6) is 0 Å². The normalized spacial score (nSPS) is 14.8. The van der Waals surface area contributed by atoms with E-state index in [1.807, 2.05) is 45.2 Å². The molecule has 0 saturated heterocycles. The molecule has 6 heteroatoms. The number of aromatic nitrogens is 3. The fraction of sp³-hybridized carbons (Fsp3) is 0.389. The number of ether oxygens (including phenoxy) is 1. The summed E-state index contributed by atoms with van der Waals surface area (Å²) in [7, 11) is 0. The van der Waals surface area contributed by atoms with Gasteiger partial charge in [0.25, 0.3) is 0 Å². The molecule has 24 heavy (non-hydrogen) atoms. The molecule has 0 N–H and O–H groups in total. The molecule has 3 rings (SSSR count). The second kappa shape index (κ2) is 6.36. The van der Waals surface area contributed by atoms with Crippen LogP contribution in [-0.4, -0.2) is 44.3 Å². The summed E-state index contributed by atoms with van der Waals surface area (Å²) in [6.07, 6.45) is 5.96. The average Bonchev–Trinajstić information content (AvgIpc) is 2.99. The van der Waals surface area contributed by atoms with Crippen LogP contribution in [0.2, 0.25) is 0 Å². The van der Waals surface area contributed by atoms with E-state index in [4.69, 9.17) is 4.74 Å². The molecule has 2 aromatic rings. The molecular formula is C18H20N4O2. The first-order chi connectivity index (χ1) is 11.4. The molecule has 0 unspecified atom stereocenters. The van der Waals surface area contributed by atoms with Crippen LogP contribution in [0.15, 0.2) is 36.2 Å². The van der Waals surface area contributed by atoms with Gasteiger partial charge < -0.3 is 9.64 Å². The van der Waals surface area contributed by atoms with Crippen molar-refractivity contribution in [3.8, 4) is 11.8 Å². The molecule has 1 amide bonds. The largest absolute Gasteiger partial charge is 0.444 e. The lowest BCUT2D eigenvalue weighted by Crippen LogP contribution is -2.39. The summed E-state index contributed by atoms with van der Waals surface area (Å²) in [6.45, 7) is 6.74. The number of hydrogen-bond donors (Lipinski definition) is 0. The molecular weight excluding hydrogens is 304 g/mol. The molecule has 0 aliphatic carbocycles. The minimum Gasteiger partial charge on any atom is -0.444 e. The van der Waals surface area contributed by atoms with Crippen LogP contribution in [0.25, 0.3) is 5.65 Å². The Morgan fingerprint density at radius 2 is 2.12 bits per heavy atom. The van der Waals surface area contributed by atoms with Crippen LogP contribution in [0, 0.1) is 11.8 Å². The fourth-order valence-corrected chi connectivity index (χ4v) is 2.30. The zero-order valence-corrected chi connectivity index (χ0v) is 14.1. The highest BCUT2D eigenvalue weighted by molar-refractivity contribution is 5.68. The summed E-state index contributed by atoms with van der Waals surface area (Å²) >= 11 is 0. The van der Waals surface area contributed by atoms with Crippen molar-refractivity contribution >= 4 is 11.7 Å². The number of carbonyl (C=O) groups excluding carboxylic acids is 1. The van der Waals surface area contributed by atoms with Gasteiger partial charge in [0.05, 0.1) is 6.20 Å². The van der Waals surface area contributed by atoms with Crippen molar-refractivity contribution in [1.82, 2.24) is 19.5 Å². The van der Waals surface area contributed by atoms with Crippen molar-refractivity contribution in [1.29, 1.82) is 0 Å². The predicted octanol–water partition coefficient (Wildman–Crippen LogP) is 2.65. The smallest absolute Gasteiger partial charge is 0.410 e. The molecule has 124 valence electrons. The van der Waals surface area contributed by atoms with E-state index in [1.165, 1.54) is 0 Å². The third-order valence-electron chi connectivity index (χ3n) is 3.47. The Kier molecular flexibility index (Phi) is 4.26. The summed E-state index contributed by atoms with van der Waals surface area (Å²) < 4.78 is 7.08. The molecule has 1 aliphatic heterocycles. The molecule has 0 spiro atoms. The molecule has 0 atom stereocenters. The number of rotatable bonds is 0. The predicted molar refractivity (Wildman–Crippen MR) is 90.4 cm³/mol. The molecule has 1 aliphatic rings. The lowest BCUT2D eigenvalue weighted by Gasteiger charge is -2.28. The third kappa shape index (κ3) is 3.93. The highest BCUT2D eigenvalue weighted by Crippen LogP contribution is 2.15. The summed E-state index contributed by atoms with van der Waals surface area (Å²) in [5, 5.41) is 4.11. The van der Waals surface area contributed by atoms with Crippen LogP contribution >= 0.6 is 0 Å². The molecule has 0 bridgehead atoms. The van der Waals surface area contributed by atoms with E-state index in [2.05, 4.69) is 21.9 Å². The number of hydrogen-bond acceptors (Lipinski definition) is 4. The van der Waals surface area contributed by atoms with Gasteiger partial charge in [0, 0.05) is 30.9 Å². The minimum absolute atomic E-state index is 0.279. The molecule has 2 aromatic heterocycles. The van der Waals surface area contributed by atoms with Crippen molar-refractivity contribution in [3.05, 3.63) is 41.9 Å². The average molecular weight is 324 g/mol. The van der Waals surface area contributed by atoms with Gasteiger partial charge >= 0.3 is 6.09 Å². The van der Waals surface area contributed by atoms with E-state index in [-0.39, 0.29) is 6.09 Å². The molecule has 0 aromatic carbocycles. The summed E-state index contributed by atoms with van der Waals surface area (Å²) in [5.74, 6) is 6.22. The van der Waals surface area contributed by atoms with Crippen molar-refractivity contribution in [3.63, 3.8) is 0 Å². The quantitative estimate of drug-likeness (QED) is 0.699. The first-order valence-electron chi connectivity index (χ1n) is 7.90. The van der Waals surface area contributed by atoms with Gasteiger partial charge in [-0.25, -0.2) is 14.3 Å². The summed E-state index contributed by atoms with van der Waals surface area (Å²) in [5.41, 5.74) is 2.03. The van der Waals surface area contributed by atoms with E-state index in [9.17, 15) is 4.79 Å². The topological polar surface area (TPSA) is 59.7 Å². The Morgan fingerprint density at radius 3 is 2.83 bits per heavy atom. The Morgan fingerprint density at radius 1 is 1.29 bits per heavy atom. The van der Waals surface area contributed by atoms with Crippen molar-refractivity contribution in [2.45, 2.75) is 32.8 Å². The van der Waals surface area contributed by atoms with Gasteiger partial charge in [-0.15, -0.1) is 0 Å². The lowest BCUT2D eigenvalue weighted by molar-refractivity contribution is 0.0267. The monoisotopic (exact) mass is 324 g/mol. The van der Waals surface area contributed by atoms with E-state index in [0.717, 1.165) is 17.6 Å². The van der Waals surface area contributed by atoms with Gasteiger partial charge in [-0.05, 0) is 39.2 Å². The maximum atomic E-state index is 12.0. The zero-order valence-electron chi connectivity index (χ0n) is 14.1. The first kappa shape index (κ1) is 16.1. The Labute approximate surface area is 141 Å². The Balaban J connectivity index is 1.64. The third-order valence-corrected chi connectivity index (χ3v) is 3.47. The highest BCUT2D eigenvalue weighted by atomic mass is 16.6. The van der Waals surface area contributed by atoms with E-state index in [0.29, 0.717) is 18.8 Å². The molecule has 0 saturated carbocycles. The van der Waals surface area contributed by atoms with Crippen LogP contribution in [0.3, 0.4) is 0 Å². The maximum Gasteiger partial charge on any atom is 0.410 e. The van der Waals surface area contributed by atoms with Gasteiger partial charge in [0.15, 0.2) is 5.65 Å². The molecule has 0 radical (unpaired) electrons. The SMILES string of the molecule is CC(C)(C)OC(=O)N1CC=C(C#Cc2ccn3nccc3n2)CC1. The summed E-state index contributed by atoms with van der Waals surface area (Å²) in [4.78, 5) is 18.1. The molecule has 3 heterocycles. The van der Waals surface area contributed by atoms with E-state index in [1.54, 1.807) is 15.6 Å². The summed E-state index contributed by atoms with van der Waals surface area (Å²) in [6, 6.07) is 3.67. The Hall–Kier alpha value is -2.81. The van der Waals surface area contributed by atoms with Gasteiger partial charge in [-0.2, -0.15) is 5.10 Å². The van der Waals surface area contributed by atoms with Crippen LogP contribution in [0.1, 0.15) is 32.9 Å². The van der Waals surface area contributed by atoms with E-state index >= 15 is 0 Å².